The van der Waals surface area contributed by atoms with Crippen molar-refractivity contribution >= 4 is 19.7 Å². The summed E-state index contributed by atoms with van der Waals surface area (Å²) < 4.78 is 30.5. The maximum Gasteiger partial charge on any atom is 0.472 e. The Morgan fingerprint density at radius 3 is 1.57 bits per heavy atom. The van der Waals surface area contributed by atoms with Crippen molar-refractivity contribution in [3.63, 3.8) is 0 Å². The topological polar surface area (TPSA) is 111 Å². The van der Waals surface area contributed by atoms with Gasteiger partial charge >= 0.3 is 13.8 Å². The van der Waals surface area contributed by atoms with Gasteiger partial charge in [0.15, 0.2) is 0 Å². The number of likely N-dealkylation sites (N-methyl/N-ethyl adjacent to an activating group) is 1. The molecule has 0 rings (SSSR count). The average molecular weight is 982 g/mol. The van der Waals surface area contributed by atoms with Crippen molar-refractivity contribution in [3.8, 4) is 0 Å². The number of allylic oxidation sites excluding steroid dienone is 17. The van der Waals surface area contributed by atoms with Crippen LogP contribution in [0.25, 0.3) is 0 Å². The van der Waals surface area contributed by atoms with Crippen LogP contribution in [-0.2, 0) is 27.9 Å². The second-order valence-electron chi connectivity index (χ2n) is 19.0. The van der Waals surface area contributed by atoms with E-state index in [9.17, 15) is 19.0 Å². The maximum atomic E-state index is 13.4. The summed E-state index contributed by atoms with van der Waals surface area (Å²) in [6, 6.07) is -0.888. The molecule has 0 aromatic heterocycles. The highest BCUT2D eigenvalue weighted by Crippen LogP contribution is 2.43. The van der Waals surface area contributed by atoms with Gasteiger partial charge in [0.2, 0.25) is 5.91 Å². The largest absolute Gasteiger partial charge is 0.472 e. The number of nitrogens with one attached hydrogen (secondary N) is 1. The van der Waals surface area contributed by atoms with Gasteiger partial charge in [0.25, 0.3) is 0 Å². The number of hydrogen-bond donors (Lipinski definition) is 2. The Labute approximate surface area is 423 Å². The number of hydrogen-bond acceptors (Lipinski definition) is 6. The molecule has 0 saturated heterocycles. The number of esters is 1. The van der Waals surface area contributed by atoms with E-state index in [4.69, 9.17) is 13.8 Å². The summed E-state index contributed by atoms with van der Waals surface area (Å²) in [6.45, 7) is 6.68. The molecule has 0 spiro atoms. The number of unbranched alkanes of at least 4 members (excludes halogenated alkanes) is 17. The zero-order valence-electron chi connectivity index (χ0n) is 44.8. The van der Waals surface area contributed by atoms with Gasteiger partial charge in [-0.05, 0) is 89.5 Å². The average Bonchev–Trinajstić information content (AvgIpc) is 3.31. The highest BCUT2D eigenvalue weighted by molar-refractivity contribution is 7.47. The predicted molar refractivity (Wildman–Crippen MR) is 295 cm³/mol. The lowest BCUT2D eigenvalue weighted by Crippen LogP contribution is -2.47. The SMILES string of the molecule is CC/C=C\C/C=C\C/C=C\C/C=C\C/C=C\CCCC(=O)NC(COP(=O)(O)OCC[N+](C)(C)C)C(/C=C/CCCCCCCCCCC)OC(=O)CCCCCCCCC/C=C/C=C/C=C/CC. The summed E-state index contributed by atoms with van der Waals surface area (Å²) in [5.41, 5.74) is 0. The number of phosphoric acid groups is 1. The molecule has 0 aromatic rings. The first-order valence-electron chi connectivity index (χ1n) is 27.2. The molecule has 0 bridgehead atoms. The summed E-state index contributed by atoms with van der Waals surface area (Å²) in [7, 11) is 1.43. The molecule has 0 aliphatic heterocycles. The number of carbonyl (C=O) groups is 2. The van der Waals surface area contributed by atoms with Gasteiger partial charge in [-0.2, -0.15) is 0 Å². The van der Waals surface area contributed by atoms with Gasteiger partial charge in [-0.3, -0.25) is 18.6 Å². The molecule has 0 heterocycles. The van der Waals surface area contributed by atoms with Crippen LogP contribution in [0.15, 0.2) is 109 Å². The second kappa shape index (κ2) is 48.3. The van der Waals surface area contributed by atoms with E-state index in [1.165, 1.54) is 64.2 Å². The van der Waals surface area contributed by atoms with E-state index in [2.05, 4.69) is 123 Å². The van der Waals surface area contributed by atoms with Gasteiger partial charge in [-0.1, -0.05) is 208 Å². The maximum absolute atomic E-state index is 13.4. The molecular formula is C59H102N2O7P+. The molecule has 0 aliphatic rings. The molecule has 0 saturated carbocycles. The van der Waals surface area contributed by atoms with Crippen LogP contribution in [0.3, 0.4) is 0 Å². The van der Waals surface area contributed by atoms with Crippen molar-refractivity contribution in [2.75, 3.05) is 40.9 Å². The van der Waals surface area contributed by atoms with E-state index in [0.29, 0.717) is 23.9 Å². The summed E-state index contributed by atoms with van der Waals surface area (Å²) in [4.78, 5) is 37.5. The van der Waals surface area contributed by atoms with Crippen molar-refractivity contribution in [3.05, 3.63) is 109 Å². The molecule has 10 heteroatoms. The van der Waals surface area contributed by atoms with E-state index in [-0.39, 0.29) is 37.9 Å². The zero-order valence-corrected chi connectivity index (χ0v) is 45.7. The Balaban J connectivity index is 5.49. The van der Waals surface area contributed by atoms with Crippen LogP contribution in [0.5, 0.6) is 0 Å². The fourth-order valence-corrected chi connectivity index (χ4v) is 7.83. The van der Waals surface area contributed by atoms with Crippen LogP contribution in [-0.4, -0.2) is 74.3 Å². The van der Waals surface area contributed by atoms with Crippen LogP contribution >= 0.6 is 7.82 Å². The van der Waals surface area contributed by atoms with Crippen LogP contribution in [0.4, 0.5) is 0 Å². The number of rotatable bonds is 47. The normalized spacial score (nSPS) is 14.7. The monoisotopic (exact) mass is 982 g/mol. The van der Waals surface area contributed by atoms with Crippen molar-refractivity contribution < 1.29 is 37.3 Å². The Morgan fingerprint density at radius 2 is 1.01 bits per heavy atom. The van der Waals surface area contributed by atoms with E-state index in [1.807, 2.05) is 33.3 Å². The minimum Gasteiger partial charge on any atom is -0.456 e. The second-order valence-corrected chi connectivity index (χ2v) is 20.5. The lowest BCUT2D eigenvalue weighted by molar-refractivity contribution is -0.870. The first-order chi connectivity index (χ1) is 33.4. The van der Waals surface area contributed by atoms with Crippen LogP contribution in [0.1, 0.15) is 201 Å². The van der Waals surface area contributed by atoms with Gasteiger partial charge in [0, 0.05) is 12.8 Å². The third-order valence-corrected chi connectivity index (χ3v) is 12.3. The summed E-state index contributed by atoms with van der Waals surface area (Å²) in [5, 5.41) is 3.00. The van der Waals surface area contributed by atoms with Gasteiger partial charge in [-0.15, -0.1) is 0 Å². The fraction of sp³-hybridized carbons (Fsp3) is 0.661. The Morgan fingerprint density at radius 1 is 0.536 bits per heavy atom. The summed E-state index contributed by atoms with van der Waals surface area (Å²) >= 11 is 0. The zero-order chi connectivity index (χ0) is 50.8. The molecule has 0 aromatic carbocycles. The molecule has 2 N–H and O–H groups in total. The minimum absolute atomic E-state index is 0.0216. The van der Waals surface area contributed by atoms with Crippen molar-refractivity contribution in [2.45, 2.75) is 213 Å². The Hall–Kier alpha value is -3.33. The van der Waals surface area contributed by atoms with Crippen molar-refractivity contribution in [1.29, 1.82) is 0 Å². The van der Waals surface area contributed by atoms with Gasteiger partial charge in [0.05, 0.1) is 33.8 Å². The summed E-state index contributed by atoms with van der Waals surface area (Å²) in [5.74, 6) is -0.599. The predicted octanol–water partition coefficient (Wildman–Crippen LogP) is 16.2. The lowest BCUT2D eigenvalue weighted by Gasteiger charge is -2.27. The third kappa shape index (κ3) is 49.4. The molecule has 0 fully saturated rings. The molecule has 1 amide bonds. The standard InChI is InChI=1S/C59H101N2O7P/c1-7-10-13-16-19-22-25-27-29-30-32-33-36-39-42-45-48-51-58(62)60-56(55-67-69(64,65)66-54-53-61(4,5)6)57(50-47-44-41-38-35-24-21-18-15-12-9-3)68-59(63)52-49-46-43-40-37-34-31-28-26-23-20-17-14-11-8-2/h10-11,13-14,17,19-20,22-23,26-27,29,32-33,39,42,47,50,56-57H,7-9,12,15-16,18,21,24-25,28,30-31,34-38,40-41,43-46,48-49,51-55H2,1-6H3,(H-,60,62,64,65)/p+1/b13-10-,14-11+,20-17+,22-19-,26-23+,29-27-,33-32-,42-39-,50-47+. The molecule has 3 atom stereocenters. The highest BCUT2D eigenvalue weighted by Gasteiger charge is 2.30. The molecule has 0 radical (unpaired) electrons. The van der Waals surface area contributed by atoms with Crippen LogP contribution in [0.2, 0.25) is 0 Å². The minimum atomic E-state index is -4.47. The first kappa shape index (κ1) is 65.7. The molecular weight excluding hydrogens is 880 g/mol. The quantitative estimate of drug-likeness (QED) is 0.0156. The van der Waals surface area contributed by atoms with Crippen LogP contribution < -0.4 is 5.32 Å². The first-order valence-corrected chi connectivity index (χ1v) is 28.7. The number of nitrogens with zero attached hydrogens (tertiary/aromatic N) is 1. The van der Waals surface area contributed by atoms with E-state index in [0.717, 1.165) is 89.9 Å². The molecule has 3 unspecified atom stereocenters. The fourth-order valence-electron chi connectivity index (χ4n) is 7.09. The highest BCUT2D eigenvalue weighted by atomic mass is 31.2. The van der Waals surface area contributed by atoms with Gasteiger partial charge in [0.1, 0.15) is 19.3 Å². The number of phosphoric ester groups is 1. The van der Waals surface area contributed by atoms with E-state index in [1.54, 1.807) is 0 Å². The number of amides is 1. The van der Waals surface area contributed by atoms with E-state index < -0.39 is 20.0 Å². The molecule has 69 heavy (non-hydrogen) atoms. The van der Waals surface area contributed by atoms with Crippen molar-refractivity contribution in [2.24, 2.45) is 0 Å². The Bertz CT molecular complexity index is 1550. The lowest BCUT2D eigenvalue weighted by atomic mass is 10.1. The molecule has 9 nitrogen and oxygen atoms in total. The number of quaternary nitrogens is 1. The molecule has 0 aliphatic carbocycles. The smallest absolute Gasteiger partial charge is 0.456 e. The van der Waals surface area contributed by atoms with Crippen LogP contribution in [0, 0.1) is 0 Å². The van der Waals surface area contributed by atoms with Gasteiger partial charge < -0.3 is 19.4 Å². The molecule has 394 valence electrons. The number of ether oxygens (including phenoxy) is 1. The summed E-state index contributed by atoms with van der Waals surface area (Å²) in [6.07, 6.45) is 65.2. The van der Waals surface area contributed by atoms with Gasteiger partial charge in [-0.25, -0.2) is 4.57 Å². The third-order valence-electron chi connectivity index (χ3n) is 11.3. The van der Waals surface area contributed by atoms with E-state index >= 15 is 0 Å². The Kier molecular flexibility index (Phi) is 46.0. The van der Waals surface area contributed by atoms with Crippen molar-refractivity contribution in [1.82, 2.24) is 5.32 Å². The number of carbonyl (C=O) groups excluding carboxylic acids is 2.